The highest BCUT2D eigenvalue weighted by Gasteiger charge is 2.01. The van der Waals surface area contributed by atoms with Gasteiger partial charge in [0.2, 0.25) is 0 Å². The van der Waals surface area contributed by atoms with Crippen molar-refractivity contribution < 1.29 is 33.2 Å². The van der Waals surface area contributed by atoms with Gasteiger partial charge < -0.3 is 28.4 Å². The van der Waals surface area contributed by atoms with Crippen LogP contribution >= 0.6 is 11.6 Å². The summed E-state index contributed by atoms with van der Waals surface area (Å²) in [7, 11) is 0. The summed E-state index contributed by atoms with van der Waals surface area (Å²) in [4.78, 5) is 11.4. The lowest BCUT2D eigenvalue weighted by atomic mass is 10.2. The van der Waals surface area contributed by atoms with Crippen molar-refractivity contribution in [2.24, 2.45) is 0 Å². The summed E-state index contributed by atoms with van der Waals surface area (Å²) < 4.78 is 32.2. The van der Waals surface area contributed by atoms with Gasteiger partial charge in [-0.05, 0) is 19.3 Å². The largest absolute Gasteiger partial charge is 0.463 e. The molecule has 0 N–H and O–H groups in total. The maximum Gasteiger partial charge on any atom is 0.305 e. The summed E-state index contributed by atoms with van der Waals surface area (Å²) in [5.74, 6) is 0.599. The summed E-state index contributed by atoms with van der Waals surface area (Å²) in [5, 5.41) is 0. The Morgan fingerprint density at radius 2 is 1.03 bits per heavy atom. The number of rotatable bonds is 25. The van der Waals surface area contributed by atoms with Gasteiger partial charge >= 0.3 is 5.97 Å². The Morgan fingerprint density at radius 3 is 1.53 bits per heavy atom. The second kappa shape index (κ2) is 26.6. The average molecular weight is 455 g/mol. The maximum absolute atomic E-state index is 11.4. The second-order valence-corrected chi connectivity index (χ2v) is 7.22. The van der Waals surface area contributed by atoms with Gasteiger partial charge in [0.05, 0.1) is 59.5 Å². The van der Waals surface area contributed by atoms with Gasteiger partial charge in [-0.1, -0.05) is 32.6 Å². The smallest absolute Gasteiger partial charge is 0.305 e. The Balaban J connectivity index is 3.06. The number of carbonyl (C=O) groups is 1. The van der Waals surface area contributed by atoms with E-state index >= 15 is 0 Å². The fraction of sp³-hybridized carbons (Fsp3) is 0.955. The van der Waals surface area contributed by atoms with Gasteiger partial charge in [-0.25, -0.2) is 0 Å². The number of ether oxygens (including phenoxy) is 6. The highest BCUT2D eigenvalue weighted by Crippen LogP contribution is 2.01. The third kappa shape index (κ3) is 25.6. The molecule has 30 heavy (non-hydrogen) atoms. The number of hydrogen-bond donors (Lipinski definition) is 0. The predicted octanol–water partition coefficient (Wildman–Crippen LogP) is 3.99. The van der Waals surface area contributed by atoms with Gasteiger partial charge in [-0.15, -0.1) is 11.6 Å². The molecule has 0 saturated heterocycles. The summed E-state index contributed by atoms with van der Waals surface area (Å²) >= 11 is 5.63. The van der Waals surface area contributed by atoms with Crippen molar-refractivity contribution in [1.82, 2.24) is 0 Å². The molecule has 0 radical (unpaired) electrons. The monoisotopic (exact) mass is 454 g/mol. The molecule has 0 aliphatic heterocycles. The molecular weight excluding hydrogens is 412 g/mol. The third-order valence-electron chi connectivity index (χ3n) is 4.14. The minimum absolute atomic E-state index is 0.147. The van der Waals surface area contributed by atoms with Crippen molar-refractivity contribution in [1.29, 1.82) is 0 Å². The molecular formula is C22H43ClO7. The van der Waals surface area contributed by atoms with E-state index in [2.05, 4.69) is 6.92 Å². The fourth-order valence-electron chi connectivity index (χ4n) is 2.44. The normalized spacial score (nSPS) is 11.1. The molecule has 0 rings (SSSR count). The minimum atomic E-state index is -0.147. The van der Waals surface area contributed by atoms with Crippen molar-refractivity contribution in [3.8, 4) is 0 Å². The topological polar surface area (TPSA) is 72.5 Å². The first-order chi connectivity index (χ1) is 14.8. The molecule has 0 aromatic carbocycles. The van der Waals surface area contributed by atoms with E-state index in [4.69, 9.17) is 40.0 Å². The zero-order valence-corrected chi connectivity index (χ0v) is 19.6. The first-order valence-corrected chi connectivity index (χ1v) is 11.9. The van der Waals surface area contributed by atoms with E-state index in [0.29, 0.717) is 72.5 Å². The van der Waals surface area contributed by atoms with Gasteiger partial charge in [-0.3, -0.25) is 4.79 Å². The highest BCUT2D eigenvalue weighted by molar-refractivity contribution is 6.17. The molecule has 0 amide bonds. The van der Waals surface area contributed by atoms with E-state index in [9.17, 15) is 4.79 Å². The van der Waals surface area contributed by atoms with Crippen molar-refractivity contribution >= 4 is 17.6 Å². The molecule has 0 aromatic heterocycles. The van der Waals surface area contributed by atoms with Crippen LogP contribution in [0.4, 0.5) is 0 Å². The Kier molecular flexibility index (Phi) is 26.2. The molecule has 0 fully saturated rings. The SMILES string of the molecule is CCCCCC(=O)OCCOCCOCCOCCOCCOCCCCCCCl. The molecule has 0 heterocycles. The Hall–Kier alpha value is -0.440. The van der Waals surface area contributed by atoms with Crippen molar-refractivity contribution in [3.63, 3.8) is 0 Å². The van der Waals surface area contributed by atoms with Gasteiger partial charge in [0.25, 0.3) is 0 Å². The summed E-state index contributed by atoms with van der Waals surface area (Å²) in [6, 6.07) is 0. The first-order valence-electron chi connectivity index (χ1n) is 11.4. The molecule has 0 saturated carbocycles. The molecule has 8 heteroatoms. The molecule has 0 aromatic rings. The maximum atomic E-state index is 11.4. The van der Waals surface area contributed by atoms with Gasteiger partial charge in [-0.2, -0.15) is 0 Å². The van der Waals surface area contributed by atoms with Crippen LogP contribution in [0.5, 0.6) is 0 Å². The molecule has 180 valence electrons. The van der Waals surface area contributed by atoms with Crippen LogP contribution in [0.3, 0.4) is 0 Å². The average Bonchev–Trinajstić information content (AvgIpc) is 2.75. The van der Waals surface area contributed by atoms with Crippen LogP contribution in [0.15, 0.2) is 0 Å². The number of alkyl halides is 1. The zero-order chi connectivity index (χ0) is 22.0. The van der Waals surface area contributed by atoms with Crippen LogP contribution in [-0.2, 0) is 33.2 Å². The Bertz CT molecular complexity index is 345. The van der Waals surface area contributed by atoms with Crippen LogP contribution in [0.1, 0.15) is 58.3 Å². The molecule has 0 spiro atoms. The van der Waals surface area contributed by atoms with Crippen LogP contribution in [0.2, 0.25) is 0 Å². The van der Waals surface area contributed by atoms with E-state index in [1.54, 1.807) is 0 Å². The van der Waals surface area contributed by atoms with E-state index in [1.165, 1.54) is 12.8 Å². The number of carbonyl (C=O) groups excluding carboxylic acids is 1. The quantitative estimate of drug-likeness (QED) is 0.117. The lowest BCUT2D eigenvalue weighted by Gasteiger charge is -2.08. The molecule has 0 aliphatic rings. The zero-order valence-electron chi connectivity index (χ0n) is 18.9. The summed E-state index contributed by atoms with van der Waals surface area (Å²) in [6.45, 7) is 7.91. The molecule has 0 unspecified atom stereocenters. The molecule has 0 aliphatic carbocycles. The number of unbranched alkanes of at least 4 members (excludes halogenated alkanes) is 5. The summed E-state index contributed by atoms with van der Waals surface area (Å²) in [6.07, 6.45) is 8.05. The number of hydrogen-bond acceptors (Lipinski definition) is 7. The Labute approximate surface area is 188 Å². The Morgan fingerprint density at radius 1 is 0.567 bits per heavy atom. The van der Waals surface area contributed by atoms with Gasteiger partial charge in [0.15, 0.2) is 0 Å². The van der Waals surface area contributed by atoms with E-state index in [0.717, 1.165) is 44.6 Å². The number of halogens is 1. The van der Waals surface area contributed by atoms with Gasteiger partial charge in [0, 0.05) is 18.9 Å². The minimum Gasteiger partial charge on any atom is -0.463 e. The van der Waals surface area contributed by atoms with E-state index in [-0.39, 0.29) is 5.97 Å². The van der Waals surface area contributed by atoms with Crippen LogP contribution < -0.4 is 0 Å². The lowest BCUT2D eigenvalue weighted by molar-refractivity contribution is -0.145. The predicted molar refractivity (Wildman–Crippen MR) is 118 cm³/mol. The summed E-state index contributed by atoms with van der Waals surface area (Å²) in [5.41, 5.74) is 0. The van der Waals surface area contributed by atoms with E-state index in [1.807, 2.05) is 0 Å². The van der Waals surface area contributed by atoms with Crippen molar-refractivity contribution in [2.45, 2.75) is 58.3 Å². The molecule has 7 nitrogen and oxygen atoms in total. The van der Waals surface area contributed by atoms with E-state index < -0.39 is 0 Å². The number of esters is 1. The van der Waals surface area contributed by atoms with Gasteiger partial charge in [0.1, 0.15) is 6.61 Å². The second-order valence-electron chi connectivity index (χ2n) is 6.84. The van der Waals surface area contributed by atoms with Crippen molar-refractivity contribution in [2.75, 3.05) is 78.6 Å². The third-order valence-corrected chi connectivity index (χ3v) is 4.40. The standard InChI is InChI=1S/C22H43ClO7/c1-2-3-6-9-22(24)30-21-20-29-19-18-28-17-16-27-15-14-26-13-12-25-11-8-5-4-7-10-23/h2-21H2,1H3. The van der Waals surface area contributed by atoms with Crippen molar-refractivity contribution in [3.05, 3.63) is 0 Å². The van der Waals surface area contributed by atoms with Crippen LogP contribution in [0.25, 0.3) is 0 Å². The molecule has 0 bridgehead atoms. The highest BCUT2D eigenvalue weighted by atomic mass is 35.5. The molecule has 0 atom stereocenters. The van der Waals surface area contributed by atoms with Crippen LogP contribution in [0, 0.1) is 0 Å². The van der Waals surface area contributed by atoms with Crippen LogP contribution in [-0.4, -0.2) is 84.5 Å². The fourth-order valence-corrected chi connectivity index (χ4v) is 2.63. The first kappa shape index (κ1) is 29.6. The lowest BCUT2D eigenvalue weighted by Crippen LogP contribution is -2.15.